The lowest BCUT2D eigenvalue weighted by molar-refractivity contribution is -0.145. The molecular formula is C21H20N4O4. The smallest absolute Gasteiger partial charge is 0.329 e. The SMILES string of the molecule is CCn1c(=O)n(CC(=O)OCc2cc(=O)n3cc(C)ccc3n2)c2ccccc21. The van der Waals surface area contributed by atoms with Gasteiger partial charge in [-0.3, -0.25) is 23.1 Å². The van der Waals surface area contributed by atoms with E-state index >= 15 is 0 Å². The van der Waals surface area contributed by atoms with E-state index in [2.05, 4.69) is 4.98 Å². The summed E-state index contributed by atoms with van der Waals surface area (Å²) in [4.78, 5) is 41.6. The van der Waals surface area contributed by atoms with Gasteiger partial charge in [-0.25, -0.2) is 9.78 Å². The molecule has 1 aromatic carbocycles. The van der Waals surface area contributed by atoms with Gasteiger partial charge in [-0.1, -0.05) is 18.2 Å². The molecule has 0 spiro atoms. The number of carbonyl (C=O) groups excluding carboxylic acids is 1. The third-order valence-electron chi connectivity index (χ3n) is 4.77. The quantitative estimate of drug-likeness (QED) is 0.484. The molecule has 4 rings (SSSR count). The molecule has 3 heterocycles. The zero-order valence-corrected chi connectivity index (χ0v) is 16.2. The van der Waals surface area contributed by atoms with Crippen LogP contribution in [0.3, 0.4) is 0 Å². The highest BCUT2D eigenvalue weighted by atomic mass is 16.5. The molecule has 0 fully saturated rings. The van der Waals surface area contributed by atoms with Crippen molar-refractivity contribution in [3.63, 3.8) is 0 Å². The molecule has 0 atom stereocenters. The molecule has 8 nitrogen and oxygen atoms in total. The number of hydrogen-bond donors (Lipinski definition) is 0. The first-order chi connectivity index (χ1) is 14.0. The third kappa shape index (κ3) is 3.44. The largest absolute Gasteiger partial charge is 0.458 e. The van der Waals surface area contributed by atoms with Gasteiger partial charge < -0.3 is 4.74 Å². The number of carbonyl (C=O) groups is 1. The van der Waals surface area contributed by atoms with Gasteiger partial charge in [0.05, 0.1) is 16.7 Å². The molecule has 0 bridgehead atoms. The van der Waals surface area contributed by atoms with Crippen molar-refractivity contribution in [2.24, 2.45) is 0 Å². The second-order valence-electron chi connectivity index (χ2n) is 6.78. The Bertz CT molecular complexity index is 1350. The summed E-state index contributed by atoms with van der Waals surface area (Å²) in [7, 11) is 0. The molecule has 4 aromatic rings. The number of para-hydroxylation sites is 2. The van der Waals surface area contributed by atoms with E-state index in [1.54, 1.807) is 22.9 Å². The molecule has 0 amide bonds. The van der Waals surface area contributed by atoms with Crippen molar-refractivity contribution < 1.29 is 9.53 Å². The highest BCUT2D eigenvalue weighted by Gasteiger charge is 2.15. The lowest BCUT2D eigenvalue weighted by Gasteiger charge is -2.07. The fraction of sp³-hybridized carbons (Fsp3) is 0.238. The number of imidazole rings is 1. The van der Waals surface area contributed by atoms with Gasteiger partial charge in [0.2, 0.25) is 0 Å². The van der Waals surface area contributed by atoms with Crippen LogP contribution in [-0.2, 0) is 29.2 Å². The molecule has 3 aromatic heterocycles. The highest BCUT2D eigenvalue weighted by molar-refractivity contribution is 5.78. The molecule has 0 radical (unpaired) electrons. The van der Waals surface area contributed by atoms with E-state index in [4.69, 9.17) is 4.74 Å². The van der Waals surface area contributed by atoms with Crippen LogP contribution < -0.4 is 11.2 Å². The average Bonchev–Trinajstić information content (AvgIpc) is 2.98. The summed E-state index contributed by atoms with van der Waals surface area (Å²) in [5.41, 5.74) is 2.72. The molecule has 0 aliphatic carbocycles. The Labute approximate surface area is 165 Å². The molecule has 0 aliphatic heterocycles. The Balaban J connectivity index is 1.54. The molecule has 0 aliphatic rings. The average molecular weight is 392 g/mol. The molecule has 0 saturated carbocycles. The lowest BCUT2D eigenvalue weighted by atomic mass is 10.3. The second-order valence-corrected chi connectivity index (χ2v) is 6.78. The van der Waals surface area contributed by atoms with Crippen molar-refractivity contribution in [1.82, 2.24) is 18.5 Å². The fourth-order valence-corrected chi connectivity index (χ4v) is 3.39. The van der Waals surface area contributed by atoms with Crippen molar-refractivity contribution in [2.75, 3.05) is 0 Å². The van der Waals surface area contributed by atoms with Crippen LogP contribution in [-0.4, -0.2) is 24.5 Å². The number of fused-ring (bicyclic) bond motifs is 2. The van der Waals surface area contributed by atoms with Gasteiger partial charge in [-0.2, -0.15) is 0 Å². The number of pyridine rings is 1. The van der Waals surface area contributed by atoms with Gasteiger partial charge in [-0.05, 0) is 37.6 Å². The van der Waals surface area contributed by atoms with Gasteiger partial charge in [-0.15, -0.1) is 0 Å². The summed E-state index contributed by atoms with van der Waals surface area (Å²) in [6.45, 7) is 3.92. The van der Waals surface area contributed by atoms with Crippen LogP contribution in [0, 0.1) is 6.92 Å². The van der Waals surface area contributed by atoms with Crippen LogP contribution in [0.25, 0.3) is 16.7 Å². The molecule has 0 N–H and O–H groups in total. The number of ether oxygens (including phenoxy) is 1. The van der Waals surface area contributed by atoms with E-state index in [9.17, 15) is 14.4 Å². The zero-order chi connectivity index (χ0) is 20.5. The van der Waals surface area contributed by atoms with Gasteiger partial charge in [0.25, 0.3) is 5.56 Å². The monoisotopic (exact) mass is 392 g/mol. The zero-order valence-electron chi connectivity index (χ0n) is 16.2. The predicted molar refractivity (Wildman–Crippen MR) is 108 cm³/mol. The second kappa shape index (κ2) is 7.38. The van der Waals surface area contributed by atoms with E-state index in [1.807, 2.05) is 38.1 Å². The Morgan fingerprint density at radius 3 is 2.52 bits per heavy atom. The Morgan fingerprint density at radius 2 is 1.79 bits per heavy atom. The maximum atomic E-state index is 12.6. The third-order valence-corrected chi connectivity index (χ3v) is 4.77. The van der Waals surface area contributed by atoms with E-state index in [-0.39, 0.29) is 24.4 Å². The van der Waals surface area contributed by atoms with Gasteiger partial charge >= 0.3 is 11.7 Å². The summed E-state index contributed by atoms with van der Waals surface area (Å²) >= 11 is 0. The van der Waals surface area contributed by atoms with Crippen LogP contribution in [0.5, 0.6) is 0 Å². The van der Waals surface area contributed by atoms with Crippen LogP contribution in [0.2, 0.25) is 0 Å². The number of rotatable bonds is 5. The number of esters is 1. The normalized spacial score (nSPS) is 11.2. The first-order valence-corrected chi connectivity index (χ1v) is 9.30. The van der Waals surface area contributed by atoms with E-state index < -0.39 is 5.97 Å². The van der Waals surface area contributed by atoms with Crippen LogP contribution >= 0.6 is 0 Å². The van der Waals surface area contributed by atoms with Crippen molar-refractivity contribution in [1.29, 1.82) is 0 Å². The van der Waals surface area contributed by atoms with Gasteiger partial charge in [0, 0.05) is 18.8 Å². The molecular weight excluding hydrogens is 372 g/mol. The van der Waals surface area contributed by atoms with Crippen LogP contribution in [0.4, 0.5) is 0 Å². The maximum absolute atomic E-state index is 12.6. The minimum Gasteiger partial charge on any atom is -0.458 e. The van der Waals surface area contributed by atoms with E-state index in [0.717, 1.165) is 11.1 Å². The lowest BCUT2D eigenvalue weighted by Crippen LogP contribution is -2.27. The Hall–Kier alpha value is -3.68. The van der Waals surface area contributed by atoms with Crippen molar-refractivity contribution in [3.05, 3.63) is 80.8 Å². The van der Waals surface area contributed by atoms with E-state index in [1.165, 1.54) is 15.0 Å². The van der Waals surface area contributed by atoms with Crippen LogP contribution in [0.15, 0.2) is 58.3 Å². The summed E-state index contributed by atoms with van der Waals surface area (Å²) in [6, 6.07) is 12.2. The first kappa shape index (κ1) is 18.7. The highest BCUT2D eigenvalue weighted by Crippen LogP contribution is 2.13. The number of aryl methyl sites for hydroxylation is 2. The maximum Gasteiger partial charge on any atom is 0.329 e. The summed E-state index contributed by atoms with van der Waals surface area (Å²) < 4.78 is 9.74. The minimum absolute atomic E-state index is 0.139. The summed E-state index contributed by atoms with van der Waals surface area (Å²) in [5.74, 6) is -0.572. The Morgan fingerprint density at radius 1 is 1.07 bits per heavy atom. The summed E-state index contributed by atoms with van der Waals surface area (Å²) in [5, 5.41) is 0. The predicted octanol–water partition coefficient (Wildman–Crippen LogP) is 1.88. The van der Waals surface area contributed by atoms with E-state index in [0.29, 0.717) is 23.4 Å². The van der Waals surface area contributed by atoms with Gasteiger partial charge in [0.1, 0.15) is 18.8 Å². The molecule has 8 heteroatoms. The number of aromatic nitrogens is 4. The van der Waals surface area contributed by atoms with Gasteiger partial charge in [0.15, 0.2) is 0 Å². The molecule has 0 unspecified atom stereocenters. The Kier molecular flexibility index (Phi) is 4.75. The minimum atomic E-state index is -0.572. The number of nitrogens with zero attached hydrogens (tertiary/aromatic N) is 4. The summed E-state index contributed by atoms with van der Waals surface area (Å²) in [6.07, 6.45) is 1.70. The number of benzene rings is 1. The van der Waals surface area contributed by atoms with Crippen molar-refractivity contribution >= 4 is 22.6 Å². The first-order valence-electron chi connectivity index (χ1n) is 9.30. The molecule has 0 saturated heterocycles. The topological polar surface area (TPSA) is 87.6 Å². The fourth-order valence-electron chi connectivity index (χ4n) is 3.39. The standard InChI is InChI=1S/C21H20N4O4/c1-3-23-16-6-4-5-7-17(16)24(21(23)28)12-20(27)29-13-15-10-19(26)25-11-14(2)8-9-18(25)22-15/h4-11H,3,12-13H2,1-2H3. The van der Waals surface area contributed by atoms with Crippen LogP contribution in [0.1, 0.15) is 18.2 Å². The van der Waals surface area contributed by atoms with Crippen molar-refractivity contribution in [3.8, 4) is 0 Å². The molecule has 29 heavy (non-hydrogen) atoms. The number of hydrogen-bond acceptors (Lipinski definition) is 5. The van der Waals surface area contributed by atoms with Crippen molar-refractivity contribution in [2.45, 2.75) is 33.5 Å². The molecule has 148 valence electrons.